The smallest absolute Gasteiger partial charge is 0.338 e. The van der Waals surface area contributed by atoms with E-state index >= 15 is 0 Å². The fraction of sp³-hybridized carbons (Fsp3) is 0.269. The number of esters is 1. The Morgan fingerprint density at radius 2 is 1.97 bits per heavy atom. The lowest BCUT2D eigenvalue weighted by Crippen LogP contribution is -2.40. The van der Waals surface area contributed by atoms with Gasteiger partial charge in [0.25, 0.3) is 11.2 Å². The monoisotopic (exact) mass is 523 g/mol. The lowest BCUT2D eigenvalue weighted by Gasteiger charge is -2.24. The lowest BCUT2D eigenvalue weighted by molar-refractivity contribution is -0.385. The molecule has 4 rings (SSSR count). The molecule has 0 unspecified atom stereocenters. The Morgan fingerprint density at radius 3 is 2.65 bits per heavy atom. The highest BCUT2D eigenvalue weighted by Crippen LogP contribution is 2.33. The normalized spacial score (nSPS) is 15.2. The molecule has 0 bridgehead atoms. The van der Waals surface area contributed by atoms with Crippen LogP contribution in [0.3, 0.4) is 0 Å². The van der Waals surface area contributed by atoms with Crippen LogP contribution in [0, 0.1) is 17.0 Å². The zero-order chi connectivity index (χ0) is 26.9. The minimum atomic E-state index is -0.962. The predicted molar refractivity (Wildman–Crippen MR) is 138 cm³/mol. The number of phenols is 1. The molecule has 0 radical (unpaired) electrons. The number of carbonyl (C=O) groups is 1. The molecular weight excluding hydrogens is 498 g/mol. The zero-order valence-electron chi connectivity index (χ0n) is 20.7. The quantitative estimate of drug-likeness (QED) is 0.286. The van der Waals surface area contributed by atoms with Crippen LogP contribution in [0.1, 0.15) is 43.5 Å². The SMILES string of the molecule is CCOC(=O)C1=C(C)N=c2s/c(=C/c3ccc(O)c(OCC)c3)c(=O)n2[C@H]1c1ccc(C)c([N+](=O)[O-])c1. The van der Waals surface area contributed by atoms with Crippen molar-refractivity contribution in [2.24, 2.45) is 4.99 Å². The first-order chi connectivity index (χ1) is 17.7. The molecule has 11 heteroatoms. The average Bonchev–Trinajstić information content (AvgIpc) is 3.15. The molecule has 192 valence electrons. The highest BCUT2D eigenvalue weighted by Gasteiger charge is 2.34. The van der Waals surface area contributed by atoms with E-state index in [0.717, 1.165) is 11.3 Å². The number of hydrogen-bond donors (Lipinski definition) is 1. The van der Waals surface area contributed by atoms with Crippen molar-refractivity contribution in [1.82, 2.24) is 4.57 Å². The van der Waals surface area contributed by atoms with E-state index in [1.165, 1.54) is 16.7 Å². The van der Waals surface area contributed by atoms with Gasteiger partial charge in [-0.3, -0.25) is 19.5 Å². The molecule has 1 aliphatic rings. The maximum atomic E-state index is 13.7. The van der Waals surface area contributed by atoms with E-state index in [0.29, 0.717) is 38.3 Å². The first-order valence-corrected chi connectivity index (χ1v) is 12.4. The molecule has 10 nitrogen and oxygen atoms in total. The third kappa shape index (κ3) is 4.90. The number of ether oxygens (including phenoxy) is 2. The Bertz CT molecular complexity index is 1620. The Hall–Kier alpha value is -4.25. The molecule has 37 heavy (non-hydrogen) atoms. The maximum Gasteiger partial charge on any atom is 0.338 e. The fourth-order valence-corrected chi connectivity index (χ4v) is 5.19. The van der Waals surface area contributed by atoms with E-state index in [2.05, 4.69) is 4.99 Å². The van der Waals surface area contributed by atoms with Crippen LogP contribution in [0.5, 0.6) is 11.5 Å². The summed E-state index contributed by atoms with van der Waals surface area (Å²) in [6.45, 7) is 7.20. The highest BCUT2D eigenvalue weighted by atomic mass is 32.1. The number of aromatic nitrogens is 1. The standard InChI is InChI=1S/C26H25N3O7S/c1-5-35-20-11-16(8-10-19(20)30)12-21-24(31)28-23(17-9-7-14(3)18(13-17)29(33)34)22(25(32)36-6-2)15(4)27-26(28)37-21/h7-13,23,30H,5-6H2,1-4H3/b21-12+/t23-/m0/s1. The lowest BCUT2D eigenvalue weighted by atomic mass is 9.94. The van der Waals surface area contributed by atoms with E-state index in [9.17, 15) is 24.8 Å². The number of benzene rings is 2. The molecule has 1 N–H and O–H groups in total. The van der Waals surface area contributed by atoms with E-state index in [1.807, 2.05) is 0 Å². The molecule has 1 aliphatic heterocycles. The second kappa shape index (κ2) is 10.4. The summed E-state index contributed by atoms with van der Waals surface area (Å²) in [6, 6.07) is 8.41. The van der Waals surface area contributed by atoms with Gasteiger partial charge in [-0.05, 0) is 57.0 Å². The van der Waals surface area contributed by atoms with Crippen LogP contribution in [-0.4, -0.2) is 33.8 Å². The van der Waals surface area contributed by atoms with Crippen LogP contribution in [0.25, 0.3) is 6.08 Å². The van der Waals surface area contributed by atoms with Crippen LogP contribution in [0.15, 0.2) is 57.5 Å². The number of aromatic hydroxyl groups is 1. The number of nitro benzene ring substituents is 1. The fourth-order valence-electron chi connectivity index (χ4n) is 4.14. The van der Waals surface area contributed by atoms with Crippen molar-refractivity contribution in [3.8, 4) is 11.5 Å². The van der Waals surface area contributed by atoms with Crippen LogP contribution in [0.4, 0.5) is 5.69 Å². The zero-order valence-corrected chi connectivity index (χ0v) is 21.5. The number of rotatable bonds is 7. The summed E-state index contributed by atoms with van der Waals surface area (Å²) in [5, 5.41) is 21.6. The molecule has 0 saturated carbocycles. The van der Waals surface area contributed by atoms with Gasteiger partial charge in [0.15, 0.2) is 16.3 Å². The average molecular weight is 524 g/mol. The third-order valence-electron chi connectivity index (χ3n) is 5.84. The summed E-state index contributed by atoms with van der Waals surface area (Å²) in [5.74, 6) is -0.378. The van der Waals surface area contributed by atoms with Crippen LogP contribution >= 0.6 is 11.3 Å². The molecule has 2 aromatic carbocycles. The second-order valence-electron chi connectivity index (χ2n) is 8.27. The summed E-state index contributed by atoms with van der Waals surface area (Å²) in [4.78, 5) is 42.7. The molecule has 0 saturated heterocycles. The molecule has 0 amide bonds. The Balaban J connectivity index is 1.96. The number of allylic oxidation sites excluding steroid dienone is 1. The van der Waals surface area contributed by atoms with Crippen molar-refractivity contribution in [2.45, 2.75) is 33.7 Å². The van der Waals surface area contributed by atoms with Gasteiger partial charge in [-0.25, -0.2) is 9.79 Å². The largest absolute Gasteiger partial charge is 0.504 e. The van der Waals surface area contributed by atoms with E-state index in [1.54, 1.807) is 58.0 Å². The molecule has 0 spiro atoms. The summed E-state index contributed by atoms with van der Waals surface area (Å²) in [5.41, 5.74) is 1.44. The topological polar surface area (TPSA) is 133 Å². The van der Waals surface area contributed by atoms with Gasteiger partial charge in [-0.1, -0.05) is 29.5 Å². The molecular formula is C26H25N3O7S. The number of aryl methyl sites for hydroxylation is 1. The van der Waals surface area contributed by atoms with Crippen molar-refractivity contribution < 1.29 is 24.3 Å². The predicted octanol–water partition coefficient (Wildman–Crippen LogP) is 3.12. The highest BCUT2D eigenvalue weighted by molar-refractivity contribution is 7.07. The van der Waals surface area contributed by atoms with Crippen molar-refractivity contribution in [3.05, 3.63) is 94.2 Å². The van der Waals surface area contributed by atoms with Gasteiger partial charge in [0.2, 0.25) is 0 Å². The second-order valence-corrected chi connectivity index (χ2v) is 9.27. The molecule has 2 heterocycles. The number of nitrogens with zero attached hydrogens (tertiary/aromatic N) is 3. The third-order valence-corrected chi connectivity index (χ3v) is 6.83. The van der Waals surface area contributed by atoms with Crippen molar-refractivity contribution in [3.63, 3.8) is 0 Å². The van der Waals surface area contributed by atoms with Crippen molar-refractivity contribution >= 4 is 29.1 Å². The van der Waals surface area contributed by atoms with E-state index < -0.39 is 22.5 Å². The first-order valence-electron chi connectivity index (χ1n) is 11.6. The summed E-state index contributed by atoms with van der Waals surface area (Å²) >= 11 is 1.13. The number of hydrogen-bond acceptors (Lipinski definition) is 9. The first kappa shape index (κ1) is 25.8. The number of carbonyl (C=O) groups excluding carboxylic acids is 1. The molecule has 3 aromatic rings. The summed E-state index contributed by atoms with van der Waals surface area (Å²) in [6.07, 6.45) is 1.64. The number of phenolic OH excluding ortho intramolecular Hbond substituents is 1. The van der Waals surface area contributed by atoms with Gasteiger partial charge in [0.1, 0.15) is 0 Å². The van der Waals surface area contributed by atoms with Gasteiger partial charge in [-0.2, -0.15) is 0 Å². The van der Waals surface area contributed by atoms with Crippen molar-refractivity contribution in [1.29, 1.82) is 0 Å². The van der Waals surface area contributed by atoms with Crippen molar-refractivity contribution in [2.75, 3.05) is 13.2 Å². The van der Waals surface area contributed by atoms with E-state index in [4.69, 9.17) is 9.47 Å². The van der Waals surface area contributed by atoms with E-state index in [-0.39, 0.29) is 29.4 Å². The Morgan fingerprint density at radius 1 is 1.22 bits per heavy atom. The van der Waals surface area contributed by atoms with Gasteiger partial charge >= 0.3 is 5.97 Å². The van der Waals surface area contributed by atoms with Crippen LogP contribution in [0.2, 0.25) is 0 Å². The minimum Gasteiger partial charge on any atom is -0.504 e. The summed E-state index contributed by atoms with van der Waals surface area (Å²) < 4.78 is 12.4. The Kier molecular flexibility index (Phi) is 7.25. The molecule has 1 atom stereocenters. The number of thiazole rings is 1. The van der Waals surface area contributed by atoms with Gasteiger partial charge in [-0.15, -0.1) is 0 Å². The Labute approximate surface area is 215 Å². The van der Waals surface area contributed by atoms with Crippen LogP contribution < -0.4 is 19.6 Å². The number of nitro groups is 1. The van der Waals surface area contributed by atoms with Gasteiger partial charge in [0.05, 0.1) is 40.0 Å². The molecule has 0 aliphatic carbocycles. The molecule has 1 aromatic heterocycles. The summed E-state index contributed by atoms with van der Waals surface area (Å²) in [7, 11) is 0. The molecule has 0 fully saturated rings. The van der Waals surface area contributed by atoms with Crippen LogP contribution in [-0.2, 0) is 9.53 Å². The van der Waals surface area contributed by atoms with Gasteiger partial charge in [0, 0.05) is 11.6 Å². The van der Waals surface area contributed by atoms with Gasteiger partial charge < -0.3 is 14.6 Å². The maximum absolute atomic E-state index is 13.7. The minimum absolute atomic E-state index is 0.0175. The number of fused-ring (bicyclic) bond motifs is 1.